The third-order valence-corrected chi connectivity index (χ3v) is 4.74. The first-order chi connectivity index (χ1) is 15.0. The Balaban J connectivity index is 1.54. The van der Waals surface area contributed by atoms with Crippen molar-refractivity contribution in [2.45, 2.75) is 13.8 Å². The first kappa shape index (κ1) is 18.6. The van der Waals surface area contributed by atoms with Crippen LogP contribution < -0.4 is 15.6 Å². The quantitative estimate of drug-likeness (QED) is 0.342. The van der Waals surface area contributed by atoms with Gasteiger partial charge in [-0.1, -0.05) is 23.8 Å². The van der Waals surface area contributed by atoms with Crippen molar-refractivity contribution in [3.05, 3.63) is 76.2 Å². The molecule has 2 aromatic carbocycles. The Bertz CT molecular complexity index is 1450. The van der Waals surface area contributed by atoms with Gasteiger partial charge in [-0.05, 0) is 32.0 Å². The molecule has 0 atom stereocenters. The fourth-order valence-corrected chi connectivity index (χ4v) is 3.29. The van der Waals surface area contributed by atoms with E-state index in [9.17, 15) is 4.79 Å². The zero-order valence-corrected chi connectivity index (χ0v) is 16.9. The predicted octanol–water partition coefficient (Wildman–Crippen LogP) is 4.19. The molecule has 154 valence electrons. The second-order valence-corrected chi connectivity index (χ2v) is 7.24. The molecular formula is C22H19N7O2. The average molecular weight is 413 g/mol. The molecular weight excluding hydrogens is 394 g/mol. The van der Waals surface area contributed by atoms with E-state index in [0.717, 1.165) is 16.8 Å². The Morgan fingerprint density at radius 3 is 2.65 bits per heavy atom. The van der Waals surface area contributed by atoms with E-state index in [1.165, 1.54) is 0 Å². The molecule has 3 aromatic heterocycles. The fourth-order valence-electron chi connectivity index (χ4n) is 3.29. The summed E-state index contributed by atoms with van der Waals surface area (Å²) in [5.74, 6) is 1.69. The van der Waals surface area contributed by atoms with Crippen LogP contribution in [0.1, 0.15) is 11.3 Å². The maximum absolute atomic E-state index is 11.7. The summed E-state index contributed by atoms with van der Waals surface area (Å²) in [5, 5.41) is 16.2. The molecule has 0 aliphatic carbocycles. The maximum atomic E-state index is 11.7. The summed E-state index contributed by atoms with van der Waals surface area (Å²) in [6, 6.07) is 17.1. The van der Waals surface area contributed by atoms with Gasteiger partial charge in [0.15, 0.2) is 5.82 Å². The number of hydrogen-bond donors (Lipinski definition) is 4. The van der Waals surface area contributed by atoms with Crippen molar-refractivity contribution in [3.63, 3.8) is 0 Å². The van der Waals surface area contributed by atoms with Gasteiger partial charge in [0.25, 0.3) is 5.56 Å². The van der Waals surface area contributed by atoms with Gasteiger partial charge in [0.05, 0.1) is 16.6 Å². The molecule has 0 fully saturated rings. The first-order valence-corrected chi connectivity index (χ1v) is 9.67. The third-order valence-electron chi connectivity index (χ3n) is 4.74. The molecule has 0 radical (unpaired) electrons. The average Bonchev–Trinajstić information content (AvgIpc) is 3.33. The number of nitrogens with zero attached hydrogens (tertiary/aromatic N) is 3. The van der Waals surface area contributed by atoms with Gasteiger partial charge in [-0.2, -0.15) is 15.1 Å². The Hall–Kier alpha value is -4.40. The lowest BCUT2D eigenvalue weighted by Crippen LogP contribution is -2.00. The van der Waals surface area contributed by atoms with Crippen LogP contribution in [0.2, 0.25) is 0 Å². The smallest absolute Gasteiger partial charge is 0.324 e. The summed E-state index contributed by atoms with van der Waals surface area (Å²) in [6.45, 7) is 3.95. The Morgan fingerprint density at radius 1 is 0.935 bits per heavy atom. The van der Waals surface area contributed by atoms with Gasteiger partial charge in [0.1, 0.15) is 11.6 Å². The van der Waals surface area contributed by atoms with Crippen LogP contribution in [0.4, 0.5) is 11.6 Å². The lowest BCUT2D eigenvalue weighted by Gasteiger charge is -2.10. The van der Waals surface area contributed by atoms with E-state index < -0.39 is 0 Å². The molecule has 0 bridgehead atoms. The van der Waals surface area contributed by atoms with Crippen molar-refractivity contribution in [3.8, 4) is 23.0 Å². The van der Waals surface area contributed by atoms with Crippen LogP contribution in [0, 0.1) is 13.8 Å². The topological polar surface area (TPSA) is 124 Å². The van der Waals surface area contributed by atoms with Gasteiger partial charge in [0.2, 0.25) is 0 Å². The van der Waals surface area contributed by atoms with Crippen LogP contribution in [-0.4, -0.2) is 30.4 Å². The van der Waals surface area contributed by atoms with Gasteiger partial charge in [-0.15, -0.1) is 0 Å². The maximum Gasteiger partial charge on any atom is 0.324 e. The number of H-pyrrole nitrogens is 3. The second kappa shape index (κ2) is 7.45. The third kappa shape index (κ3) is 3.88. The van der Waals surface area contributed by atoms with E-state index >= 15 is 0 Å². The second-order valence-electron chi connectivity index (χ2n) is 7.24. The molecule has 0 unspecified atom stereocenters. The number of aromatic nitrogens is 6. The van der Waals surface area contributed by atoms with Crippen molar-refractivity contribution in [1.82, 2.24) is 30.4 Å². The summed E-state index contributed by atoms with van der Waals surface area (Å²) in [6.07, 6.45) is 0. The van der Waals surface area contributed by atoms with Crippen molar-refractivity contribution in [2.75, 3.05) is 5.32 Å². The Kier molecular flexibility index (Phi) is 4.47. The minimum absolute atomic E-state index is 0.172. The standard InChI is InChI=1S/C22H19N7O2/c1-12-4-3-5-14(8-12)17-11-19(24-20-9-13(2)26-28-20)25-22(23-17)31-15-6-7-16-18(10-15)27-29-21(16)30/h3-11H,1-2H3,(H2,27,29,30)(H2,23,24,25,26,28). The van der Waals surface area contributed by atoms with Crippen LogP contribution in [-0.2, 0) is 0 Å². The zero-order chi connectivity index (χ0) is 21.4. The molecule has 0 spiro atoms. The van der Waals surface area contributed by atoms with Gasteiger partial charge < -0.3 is 10.1 Å². The molecule has 31 heavy (non-hydrogen) atoms. The predicted molar refractivity (Wildman–Crippen MR) is 118 cm³/mol. The molecule has 5 aromatic rings. The highest BCUT2D eigenvalue weighted by Crippen LogP contribution is 2.28. The Morgan fingerprint density at radius 2 is 1.84 bits per heavy atom. The fraction of sp³-hybridized carbons (Fsp3) is 0.0909. The van der Waals surface area contributed by atoms with Crippen molar-refractivity contribution < 1.29 is 4.74 Å². The summed E-state index contributed by atoms with van der Waals surface area (Å²) >= 11 is 0. The van der Waals surface area contributed by atoms with Gasteiger partial charge in [0, 0.05) is 29.5 Å². The molecule has 0 saturated carbocycles. The van der Waals surface area contributed by atoms with Crippen molar-refractivity contribution in [2.24, 2.45) is 0 Å². The lowest BCUT2D eigenvalue weighted by atomic mass is 10.1. The highest BCUT2D eigenvalue weighted by Gasteiger charge is 2.11. The highest BCUT2D eigenvalue weighted by molar-refractivity contribution is 5.79. The number of fused-ring (bicyclic) bond motifs is 1. The molecule has 4 N–H and O–H groups in total. The molecule has 3 heterocycles. The number of nitrogens with one attached hydrogen (secondary N) is 4. The lowest BCUT2D eigenvalue weighted by molar-refractivity contribution is 0.444. The minimum atomic E-state index is -0.181. The van der Waals surface area contributed by atoms with E-state index in [0.29, 0.717) is 34.0 Å². The van der Waals surface area contributed by atoms with Crippen LogP contribution in [0.5, 0.6) is 11.8 Å². The van der Waals surface area contributed by atoms with Crippen LogP contribution in [0.15, 0.2) is 59.4 Å². The number of ether oxygens (including phenoxy) is 1. The molecule has 9 heteroatoms. The number of anilines is 2. The van der Waals surface area contributed by atoms with E-state index in [4.69, 9.17) is 4.74 Å². The number of hydrogen-bond acceptors (Lipinski definition) is 6. The molecule has 9 nitrogen and oxygen atoms in total. The number of rotatable bonds is 5. The molecule has 0 amide bonds. The highest BCUT2D eigenvalue weighted by atomic mass is 16.5. The SMILES string of the molecule is Cc1cccc(-c2cc(Nc3cc(C)[nH]n3)nc(Oc3ccc4c(=O)[nH][nH]c4c3)n2)c1. The first-order valence-electron chi connectivity index (χ1n) is 9.67. The van der Waals surface area contributed by atoms with E-state index in [2.05, 4.69) is 35.7 Å². The van der Waals surface area contributed by atoms with E-state index in [1.807, 2.05) is 50.2 Å². The molecule has 0 saturated heterocycles. The number of aryl methyl sites for hydroxylation is 2. The van der Waals surface area contributed by atoms with Crippen molar-refractivity contribution in [1.29, 1.82) is 0 Å². The summed E-state index contributed by atoms with van der Waals surface area (Å²) in [4.78, 5) is 20.8. The summed E-state index contributed by atoms with van der Waals surface area (Å²) in [7, 11) is 0. The summed E-state index contributed by atoms with van der Waals surface area (Å²) < 4.78 is 5.95. The van der Waals surface area contributed by atoms with Crippen LogP contribution in [0.3, 0.4) is 0 Å². The zero-order valence-electron chi connectivity index (χ0n) is 16.9. The van der Waals surface area contributed by atoms with Crippen molar-refractivity contribution >= 4 is 22.5 Å². The number of aromatic amines is 3. The monoisotopic (exact) mass is 413 g/mol. The van der Waals surface area contributed by atoms with Crippen LogP contribution >= 0.6 is 0 Å². The molecule has 0 aliphatic heterocycles. The largest absolute Gasteiger partial charge is 0.424 e. The Labute approximate surface area is 176 Å². The minimum Gasteiger partial charge on any atom is -0.424 e. The van der Waals surface area contributed by atoms with Crippen LogP contribution in [0.25, 0.3) is 22.2 Å². The molecule has 5 rings (SSSR count). The van der Waals surface area contributed by atoms with Gasteiger partial charge in [-0.25, -0.2) is 0 Å². The van der Waals surface area contributed by atoms with Gasteiger partial charge >= 0.3 is 6.01 Å². The normalized spacial score (nSPS) is 11.0. The molecule has 0 aliphatic rings. The van der Waals surface area contributed by atoms with E-state index in [1.54, 1.807) is 18.2 Å². The van der Waals surface area contributed by atoms with E-state index in [-0.39, 0.29) is 11.6 Å². The van der Waals surface area contributed by atoms with Gasteiger partial charge in [-0.3, -0.25) is 20.1 Å². The number of benzene rings is 2. The summed E-state index contributed by atoms with van der Waals surface area (Å²) in [5.41, 5.74) is 4.17.